The van der Waals surface area contributed by atoms with Crippen LogP contribution in [0.4, 0.5) is 10.1 Å². The number of nitrogens with zero attached hydrogens (tertiary/aromatic N) is 1. The van der Waals surface area contributed by atoms with Gasteiger partial charge in [-0.2, -0.15) is 0 Å². The van der Waals surface area contributed by atoms with Crippen molar-refractivity contribution in [1.82, 2.24) is 0 Å². The van der Waals surface area contributed by atoms with Crippen molar-refractivity contribution in [2.45, 2.75) is 20.5 Å². The number of benzene rings is 1. The summed E-state index contributed by atoms with van der Waals surface area (Å²) in [5.74, 6) is -0.318. The Bertz CT molecular complexity index is 344. The second kappa shape index (κ2) is 7.25. The van der Waals surface area contributed by atoms with Crippen molar-refractivity contribution in [3.63, 3.8) is 0 Å². The molecule has 1 N–H and O–H groups in total. The fourth-order valence-corrected chi connectivity index (χ4v) is 1.70. The van der Waals surface area contributed by atoms with E-state index >= 15 is 0 Å². The minimum atomic E-state index is -0.318. The van der Waals surface area contributed by atoms with Gasteiger partial charge in [0.25, 0.3) is 0 Å². The van der Waals surface area contributed by atoms with Gasteiger partial charge in [-0.1, -0.05) is 0 Å². The van der Waals surface area contributed by atoms with E-state index in [1.807, 2.05) is 18.7 Å². The molecule has 0 aliphatic rings. The molecule has 0 unspecified atom stereocenters. The average Bonchev–Trinajstić information content (AvgIpc) is 2.34. The van der Waals surface area contributed by atoms with Gasteiger partial charge in [-0.05, 0) is 37.6 Å². The van der Waals surface area contributed by atoms with Crippen LogP contribution in [0.3, 0.4) is 0 Å². The Balaban J connectivity index is 2.76. The number of halogens is 1. The van der Waals surface area contributed by atoms with E-state index in [0.29, 0.717) is 18.8 Å². The van der Waals surface area contributed by atoms with Crippen LogP contribution < -0.4 is 4.90 Å². The Morgan fingerprint density at radius 3 is 2.65 bits per heavy atom. The first-order valence-electron chi connectivity index (χ1n) is 5.94. The van der Waals surface area contributed by atoms with Gasteiger partial charge in [0.05, 0.1) is 13.2 Å². The Kier molecular flexibility index (Phi) is 5.94. The van der Waals surface area contributed by atoms with Crippen molar-refractivity contribution in [2.24, 2.45) is 0 Å². The number of hydrogen-bond acceptors (Lipinski definition) is 3. The summed E-state index contributed by atoms with van der Waals surface area (Å²) in [5, 5.41) is 9.05. The minimum Gasteiger partial charge on any atom is -0.392 e. The van der Waals surface area contributed by atoms with Gasteiger partial charge < -0.3 is 14.7 Å². The highest BCUT2D eigenvalue weighted by molar-refractivity contribution is 5.48. The standard InChI is InChI=1S/C13H20FNO2/c1-3-15(5-6-17-4-2)13-8-11(10-16)7-12(14)9-13/h7-9,16H,3-6,10H2,1-2H3. The third kappa shape index (κ3) is 4.32. The first-order valence-corrected chi connectivity index (χ1v) is 5.94. The van der Waals surface area contributed by atoms with E-state index in [1.54, 1.807) is 6.07 Å². The number of hydrogen-bond donors (Lipinski definition) is 1. The summed E-state index contributed by atoms with van der Waals surface area (Å²) in [6, 6.07) is 4.63. The Morgan fingerprint density at radius 2 is 2.06 bits per heavy atom. The van der Waals surface area contributed by atoms with Crippen LogP contribution in [0.2, 0.25) is 0 Å². The van der Waals surface area contributed by atoms with Gasteiger partial charge in [0, 0.05) is 25.4 Å². The van der Waals surface area contributed by atoms with Crippen LogP contribution in [0.25, 0.3) is 0 Å². The molecule has 4 heteroatoms. The fraction of sp³-hybridized carbons (Fsp3) is 0.538. The SMILES string of the molecule is CCOCCN(CC)c1cc(F)cc(CO)c1. The molecule has 17 heavy (non-hydrogen) atoms. The number of rotatable bonds is 7. The van der Waals surface area contributed by atoms with E-state index in [2.05, 4.69) is 0 Å². The molecule has 0 aliphatic carbocycles. The van der Waals surface area contributed by atoms with Crippen LogP contribution in [0, 0.1) is 5.82 Å². The average molecular weight is 241 g/mol. The van der Waals surface area contributed by atoms with E-state index in [1.165, 1.54) is 12.1 Å². The summed E-state index contributed by atoms with van der Waals surface area (Å²) >= 11 is 0. The Labute approximate surface area is 102 Å². The monoisotopic (exact) mass is 241 g/mol. The highest BCUT2D eigenvalue weighted by Crippen LogP contribution is 2.18. The maximum absolute atomic E-state index is 13.3. The van der Waals surface area contributed by atoms with Crippen LogP contribution in [0.15, 0.2) is 18.2 Å². The molecule has 96 valence electrons. The molecule has 1 rings (SSSR count). The molecule has 0 amide bonds. The van der Waals surface area contributed by atoms with Gasteiger partial charge >= 0.3 is 0 Å². The molecule has 1 aromatic rings. The minimum absolute atomic E-state index is 0.145. The lowest BCUT2D eigenvalue weighted by Gasteiger charge is -2.23. The predicted molar refractivity (Wildman–Crippen MR) is 66.7 cm³/mol. The second-order valence-corrected chi connectivity index (χ2v) is 3.75. The number of aliphatic hydroxyl groups excluding tert-OH is 1. The molecular formula is C13H20FNO2. The molecule has 0 saturated heterocycles. The third-order valence-corrected chi connectivity index (χ3v) is 2.58. The van der Waals surface area contributed by atoms with Crippen LogP contribution >= 0.6 is 0 Å². The molecule has 0 bridgehead atoms. The lowest BCUT2D eigenvalue weighted by molar-refractivity contribution is 0.154. The first-order chi connectivity index (χ1) is 8.21. The molecule has 0 fully saturated rings. The van der Waals surface area contributed by atoms with E-state index in [0.717, 1.165) is 18.8 Å². The first kappa shape index (κ1) is 13.9. The molecule has 0 radical (unpaired) electrons. The number of likely N-dealkylation sites (N-methyl/N-ethyl adjacent to an activating group) is 1. The quantitative estimate of drug-likeness (QED) is 0.743. The fourth-order valence-electron chi connectivity index (χ4n) is 1.70. The predicted octanol–water partition coefficient (Wildman–Crippen LogP) is 2.18. The molecule has 0 saturated carbocycles. The highest BCUT2D eigenvalue weighted by Gasteiger charge is 2.07. The van der Waals surface area contributed by atoms with Gasteiger partial charge in [0.15, 0.2) is 0 Å². The van der Waals surface area contributed by atoms with Gasteiger partial charge in [-0.15, -0.1) is 0 Å². The molecule has 0 aliphatic heterocycles. The molecule has 0 aromatic heterocycles. The third-order valence-electron chi connectivity index (χ3n) is 2.58. The van der Waals surface area contributed by atoms with Crippen LogP contribution in [0.5, 0.6) is 0 Å². The van der Waals surface area contributed by atoms with E-state index < -0.39 is 0 Å². The van der Waals surface area contributed by atoms with E-state index in [9.17, 15) is 4.39 Å². The molecule has 0 atom stereocenters. The molecule has 3 nitrogen and oxygen atoms in total. The van der Waals surface area contributed by atoms with Crippen molar-refractivity contribution in [3.05, 3.63) is 29.6 Å². The van der Waals surface area contributed by atoms with Gasteiger partial charge in [-0.25, -0.2) is 4.39 Å². The Hall–Kier alpha value is -1.13. The maximum Gasteiger partial charge on any atom is 0.125 e. The van der Waals surface area contributed by atoms with Gasteiger partial charge in [-0.3, -0.25) is 0 Å². The smallest absolute Gasteiger partial charge is 0.125 e. The molecule has 0 spiro atoms. The summed E-state index contributed by atoms with van der Waals surface area (Å²) < 4.78 is 18.6. The Morgan fingerprint density at radius 1 is 1.29 bits per heavy atom. The van der Waals surface area contributed by atoms with Crippen molar-refractivity contribution >= 4 is 5.69 Å². The van der Waals surface area contributed by atoms with Crippen LogP contribution in [0.1, 0.15) is 19.4 Å². The summed E-state index contributed by atoms with van der Waals surface area (Å²) in [4.78, 5) is 2.03. The molecule has 0 heterocycles. The summed E-state index contributed by atoms with van der Waals surface area (Å²) in [6.07, 6.45) is 0. The normalized spacial score (nSPS) is 10.6. The zero-order chi connectivity index (χ0) is 12.7. The highest BCUT2D eigenvalue weighted by atomic mass is 19.1. The number of aliphatic hydroxyl groups is 1. The van der Waals surface area contributed by atoms with E-state index in [-0.39, 0.29) is 12.4 Å². The zero-order valence-corrected chi connectivity index (χ0v) is 10.4. The molecular weight excluding hydrogens is 221 g/mol. The van der Waals surface area contributed by atoms with Crippen LogP contribution in [-0.2, 0) is 11.3 Å². The lowest BCUT2D eigenvalue weighted by Crippen LogP contribution is -2.27. The van der Waals surface area contributed by atoms with Crippen LogP contribution in [-0.4, -0.2) is 31.4 Å². The van der Waals surface area contributed by atoms with Crippen molar-refractivity contribution < 1.29 is 14.2 Å². The summed E-state index contributed by atoms with van der Waals surface area (Å²) in [5.41, 5.74) is 1.38. The topological polar surface area (TPSA) is 32.7 Å². The zero-order valence-electron chi connectivity index (χ0n) is 10.4. The lowest BCUT2D eigenvalue weighted by atomic mass is 10.2. The number of ether oxygens (including phenoxy) is 1. The van der Waals surface area contributed by atoms with Crippen molar-refractivity contribution in [1.29, 1.82) is 0 Å². The van der Waals surface area contributed by atoms with Crippen molar-refractivity contribution in [2.75, 3.05) is 31.2 Å². The largest absolute Gasteiger partial charge is 0.392 e. The number of anilines is 1. The molecule has 1 aromatic carbocycles. The summed E-state index contributed by atoms with van der Waals surface area (Å²) in [6.45, 7) is 6.61. The van der Waals surface area contributed by atoms with Gasteiger partial charge in [0.1, 0.15) is 5.82 Å². The summed E-state index contributed by atoms with van der Waals surface area (Å²) in [7, 11) is 0. The van der Waals surface area contributed by atoms with Gasteiger partial charge in [0.2, 0.25) is 0 Å². The van der Waals surface area contributed by atoms with Crippen molar-refractivity contribution in [3.8, 4) is 0 Å². The second-order valence-electron chi connectivity index (χ2n) is 3.75. The maximum atomic E-state index is 13.3. The van der Waals surface area contributed by atoms with E-state index in [4.69, 9.17) is 9.84 Å².